The molecule has 0 unspecified atom stereocenters. The SMILES string of the molecule is CC(C)(C)C.CC(C)(C)C.CC(C)(C)C.CC(C)(C)C.[Zn+2].c1cnc2c(n1)-c1nc-2nc2[n-]c(nc3nc(nc4[n-]c(n1)c1nccnc41)-c1nccnc1-3)c1nccnc21. The van der Waals surface area contributed by atoms with Gasteiger partial charge in [-0.3, -0.25) is 39.9 Å². The summed E-state index contributed by atoms with van der Waals surface area (Å²) in [6.07, 6.45) is 12.4. The molecule has 7 aromatic rings. The molecular formula is C44H56N16Zn. The molecule has 2 aliphatic heterocycles. The second-order valence-electron chi connectivity index (χ2n) is 20.5. The van der Waals surface area contributed by atoms with E-state index < -0.39 is 0 Å². The van der Waals surface area contributed by atoms with E-state index in [-0.39, 0.29) is 65.4 Å². The van der Waals surface area contributed by atoms with Crippen LogP contribution in [0.1, 0.15) is 111 Å². The van der Waals surface area contributed by atoms with Crippen LogP contribution in [0.4, 0.5) is 0 Å². The van der Waals surface area contributed by atoms with Crippen LogP contribution in [0, 0.1) is 21.7 Å². The molecule has 16 nitrogen and oxygen atoms in total. The molecule has 61 heavy (non-hydrogen) atoms. The predicted octanol–water partition coefficient (Wildman–Crippen LogP) is 9.49. The first kappa shape index (κ1) is 48.0. The Balaban J connectivity index is 0.000000329. The first-order valence-electron chi connectivity index (χ1n) is 19.8. The quantitative estimate of drug-likeness (QED) is 0.130. The van der Waals surface area contributed by atoms with E-state index in [1.165, 1.54) is 0 Å². The first-order valence-corrected chi connectivity index (χ1v) is 19.8. The Hall–Kier alpha value is -5.70. The van der Waals surface area contributed by atoms with Crippen LogP contribution >= 0.6 is 0 Å². The van der Waals surface area contributed by atoms with E-state index in [1.54, 1.807) is 49.6 Å². The summed E-state index contributed by atoms with van der Waals surface area (Å²) in [5.74, 6) is 1.01. The molecule has 0 saturated heterocycles. The number of nitrogens with zero attached hydrogens (tertiary/aromatic N) is 16. The largest absolute Gasteiger partial charge is 2.00 e. The maximum atomic E-state index is 4.69. The molecule has 0 saturated carbocycles. The van der Waals surface area contributed by atoms with E-state index in [4.69, 9.17) is 0 Å². The third-order valence-corrected chi connectivity index (χ3v) is 6.18. The fourth-order valence-corrected chi connectivity index (χ4v) is 4.51. The molecule has 314 valence electrons. The molecule has 0 radical (unpaired) electrons. The minimum absolute atomic E-state index is 0. The number of rotatable bonds is 0. The zero-order valence-electron chi connectivity index (χ0n) is 38.5. The number of hydrogen-bond acceptors (Lipinski definition) is 14. The van der Waals surface area contributed by atoms with Gasteiger partial charge < -0.3 is 29.9 Å². The third kappa shape index (κ3) is 14.2. The van der Waals surface area contributed by atoms with Gasteiger partial charge in [-0.15, -0.1) is 0 Å². The molecule has 0 amide bonds. The van der Waals surface area contributed by atoms with Gasteiger partial charge in [-0.2, -0.15) is 0 Å². The maximum Gasteiger partial charge on any atom is 2.00 e. The third-order valence-electron chi connectivity index (χ3n) is 6.18. The van der Waals surface area contributed by atoms with Crippen molar-refractivity contribution in [2.45, 2.75) is 111 Å². The molecule has 0 N–H and O–H groups in total. The van der Waals surface area contributed by atoms with Gasteiger partial charge in [0.05, 0.1) is 0 Å². The molecular weight excluding hydrogens is 818 g/mol. The number of aromatic nitrogens is 16. The molecule has 0 aromatic carbocycles. The van der Waals surface area contributed by atoms with Crippen LogP contribution in [-0.2, 0) is 19.5 Å². The molecule has 17 heteroatoms. The minimum Gasteiger partial charge on any atom is -0.354 e. The van der Waals surface area contributed by atoms with Crippen LogP contribution in [-0.4, -0.2) is 69.8 Å². The van der Waals surface area contributed by atoms with Crippen LogP contribution in [0.25, 0.3) is 90.7 Å². The van der Waals surface area contributed by atoms with Gasteiger partial charge in [0.25, 0.3) is 0 Å². The summed E-state index contributed by atoms with van der Waals surface area (Å²) in [5.41, 5.74) is 6.45. The summed E-state index contributed by atoms with van der Waals surface area (Å²) < 4.78 is 0. The van der Waals surface area contributed by atoms with Gasteiger partial charge in [0.15, 0.2) is 0 Å². The summed E-state index contributed by atoms with van der Waals surface area (Å²) in [6.45, 7) is 35.0. The van der Waals surface area contributed by atoms with E-state index >= 15 is 0 Å². The van der Waals surface area contributed by atoms with Crippen LogP contribution in [0.15, 0.2) is 49.6 Å². The molecule has 0 atom stereocenters. The molecule has 0 fully saturated rings. The summed E-state index contributed by atoms with van der Waals surface area (Å²) in [5, 5.41) is 0. The van der Waals surface area contributed by atoms with Gasteiger partial charge in [-0.1, -0.05) is 111 Å². The Morgan fingerprint density at radius 2 is 0.443 bits per heavy atom. The van der Waals surface area contributed by atoms with Crippen molar-refractivity contribution in [1.82, 2.24) is 79.7 Å². The summed E-state index contributed by atoms with van der Waals surface area (Å²) >= 11 is 0. The Kier molecular flexibility index (Phi) is 14.9. The second kappa shape index (κ2) is 18.9. The zero-order valence-corrected chi connectivity index (χ0v) is 41.4. The molecule has 0 spiro atoms. The summed E-state index contributed by atoms with van der Waals surface area (Å²) in [6, 6.07) is 0. The molecule has 7 aromatic heterocycles. The van der Waals surface area contributed by atoms with Crippen LogP contribution in [0.3, 0.4) is 0 Å². The van der Waals surface area contributed by atoms with Crippen molar-refractivity contribution in [2.75, 3.05) is 0 Å². The second-order valence-corrected chi connectivity index (χ2v) is 20.5. The molecule has 0 aliphatic carbocycles. The van der Waals surface area contributed by atoms with Crippen molar-refractivity contribution in [3.63, 3.8) is 0 Å². The van der Waals surface area contributed by atoms with Crippen molar-refractivity contribution >= 4 is 44.7 Å². The van der Waals surface area contributed by atoms with Gasteiger partial charge in [-0.25, -0.2) is 9.97 Å². The summed E-state index contributed by atoms with van der Waals surface area (Å²) in [4.78, 5) is 72.8. The average molecular weight is 874 g/mol. The summed E-state index contributed by atoms with van der Waals surface area (Å²) in [7, 11) is 0. The molecule has 8 bridgehead atoms. The fraction of sp³-hybridized carbons (Fsp3) is 0.455. The van der Waals surface area contributed by atoms with E-state index in [9.17, 15) is 0 Å². The average Bonchev–Trinajstić information content (AvgIpc) is 3.85. The first-order chi connectivity index (χ1) is 27.8. The van der Waals surface area contributed by atoms with Crippen molar-refractivity contribution in [3.8, 4) is 46.1 Å². The van der Waals surface area contributed by atoms with Crippen LogP contribution < -0.4 is 9.97 Å². The molecule has 9 heterocycles. The Morgan fingerprint density at radius 1 is 0.279 bits per heavy atom. The Morgan fingerprint density at radius 3 is 0.623 bits per heavy atom. The minimum atomic E-state index is 0. The topological polar surface area (TPSA) is 209 Å². The maximum absolute atomic E-state index is 4.69. The van der Waals surface area contributed by atoms with Gasteiger partial charge in [0.1, 0.15) is 68.1 Å². The zero-order chi connectivity index (χ0) is 44.2. The monoisotopic (exact) mass is 872 g/mol. The normalized spacial score (nSPS) is 11.8. The van der Waals surface area contributed by atoms with Gasteiger partial charge >= 0.3 is 19.5 Å². The van der Waals surface area contributed by atoms with E-state index in [0.717, 1.165) is 0 Å². The van der Waals surface area contributed by atoms with Gasteiger partial charge in [0, 0.05) is 72.2 Å². The number of fused-ring (bicyclic) bond motifs is 20. The van der Waals surface area contributed by atoms with E-state index in [0.29, 0.717) is 66.5 Å². The molecule has 9 rings (SSSR count). The Labute approximate surface area is 370 Å². The van der Waals surface area contributed by atoms with Crippen LogP contribution in [0.5, 0.6) is 0 Å². The smallest absolute Gasteiger partial charge is 0.354 e. The standard InChI is InChI=1S/C24H8N16.4C5H12.Zn/c1-2-26-10-9(25-1)17-33-18(10)38-20-13-14(30-6-5-29-13)22(35-20)40-24-16-15(31-7-8-32-16)23(36-24)39-21-12-11(19(34-21)37-17)27-3-4-28-12;4*1-5(2,3)4;/h1-8H;4*1-4H3;/q-2;;;;;+2. The Bertz CT molecular complexity index is 2370. The van der Waals surface area contributed by atoms with E-state index in [1.807, 2.05) is 0 Å². The van der Waals surface area contributed by atoms with Crippen molar-refractivity contribution in [1.29, 1.82) is 0 Å². The van der Waals surface area contributed by atoms with Gasteiger partial charge in [0.2, 0.25) is 0 Å². The predicted molar refractivity (Wildman–Crippen MR) is 237 cm³/mol. The van der Waals surface area contributed by atoms with Gasteiger partial charge in [-0.05, 0) is 21.7 Å². The van der Waals surface area contributed by atoms with E-state index in [2.05, 4.69) is 191 Å². The fourth-order valence-electron chi connectivity index (χ4n) is 4.51. The molecule has 2 aliphatic rings. The number of hydrogen-bond donors (Lipinski definition) is 0. The van der Waals surface area contributed by atoms with Crippen molar-refractivity contribution in [3.05, 3.63) is 49.6 Å². The van der Waals surface area contributed by atoms with Crippen molar-refractivity contribution < 1.29 is 19.5 Å². The van der Waals surface area contributed by atoms with Crippen LogP contribution in [0.2, 0.25) is 0 Å². The van der Waals surface area contributed by atoms with Crippen molar-refractivity contribution in [2.24, 2.45) is 21.7 Å².